The zero-order chi connectivity index (χ0) is 33.9. The predicted molar refractivity (Wildman–Crippen MR) is 205 cm³/mol. The molecule has 0 saturated carbocycles. The molecule has 242 valence electrons. The summed E-state index contributed by atoms with van der Waals surface area (Å²) >= 11 is 0. The lowest BCUT2D eigenvalue weighted by Crippen LogP contribution is -2.16. The molecule has 49 heavy (non-hydrogen) atoms. The predicted octanol–water partition coefficient (Wildman–Crippen LogP) is 11.9. The molecule has 3 heterocycles. The second-order valence-electron chi connectivity index (χ2n) is 15.0. The zero-order valence-electron chi connectivity index (χ0n) is 29.0. The third kappa shape index (κ3) is 5.55. The molecule has 5 aromatic carbocycles. The third-order valence-corrected chi connectivity index (χ3v) is 9.54. The maximum atomic E-state index is 4.99. The molecule has 5 heteroatoms. The van der Waals surface area contributed by atoms with E-state index in [4.69, 9.17) is 4.98 Å². The van der Waals surface area contributed by atoms with E-state index in [2.05, 4.69) is 177 Å². The van der Waals surface area contributed by atoms with Gasteiger partial charge in [-0.2, -0.15) is 0 Å². The average Bonchev–Trinajstić information content (AvgIpc) is 3.48. The number of nitrogens with one attached hydrogen (secondary N) is 1. The van der Waals surface area contributed by atoms with Gasteiger partial charge >= 0.3 is 0 Å². The number of rotatable bonds is 4. The van der Waals surface area contributed by atoms with E-state index in [1.807, 2.05) is 18.6 Å². The summed E-state index contributed by atoms with van der Waals surface area (Å²) < 4.78 is 2.18. The second-order valence-corrected chi connectivity index (χ2v) is 15.0. The van der Waals surface area contributed by atoms with Gasteiger partial charge in [0.05, 0.1) is 22.4 Å². The molecule has 8 rings (SSSR count). The highest BCUT2D eigenvalue weighted by Gasteiger charge is 2.28. The summed E-state index contributed by atoms with van der Waals surface area (Å²) in [5.74, 6) is 0.898. The van der Waals surface area contributed by atoms with E-state index in [1.165, 1.54) is 27.8 Å². The quantitative estimate of drug-likeness (QED) is 0.208. The van der Waals surface area contributed by atoms with Crippen molar-refractivity contribution in [3.63, 3.8) is 0 Å². The molecule has 0 unspecified atom stereocenters. The van der Waals surface area contributed by atoms with Crippen molar-refractivity contribution >= 4 is 39.6 Å². The minimum atomic E-state index is -0.0510. The number of imidazole rings is 1. The van der Waals surface area contributed by atoms with Crippen LogP contribution in [0.1, 0.15) is 52.7 Å². The molecular weight excluding hydrogens is 599 g/mol. The number of anilines is 5. The van der Waals surface area contributed by atoms with E-state index in [-0.39, 0.29) is 10.8 Å². The molecule has 2 aromatic heterocycles. The smallest absolute Gasteiger partial charge is 0.137 e. The van der Waals surface area contributed by atoms with Crippen LogP contribution in [-0.2, 0) is 10.8 Å². The highest BCUT2D eigenvalue weighted by molar-refractivity contribution is 6.02. The third-order valence-electron chi connectivity index (χ3n) is 9.54. The Labute approximate surface area is 288 Å². The van der Waals surface area contributed by atoms with Gasteiger partial charge in [-0.3, -0.25) is 9.47 Å². The second kappa shape index (κ2) is 11.5. The van der Waals surface area contributed by atoms with Crippen molar-refractivity contribution in [1.29, 1.82) is 0 Å². The van der Waals surface area contributed by atoms with Crippen molar-refractivity contribution in [2.45, 2.75) is 52.4 Å². The number of pyridine rings is 1. The maximum Gasteiger partial charge on any atom is 0.137 e. The molecule has 0 bridgehead atoms. The van der Waals surface area contributed by atoms with E-state index in [0.29, 0.717) is 0 Å². The summed E-state index contributed by atoms with van der Waals surface area (Å²) in [6.45, 7) is 13.5. The number of hydrogen-bond donors (Lipinski definition) is 1. The van der Waals surface area contributed by atoms with Crippen LogP contribution in [0.15, 0.2) is 134 Å². The molecule has 0 spiro atoms. The normalized spacial score (nSPS) is 12.7. The first-order valence-corrected chi connectivity index (χ1v) is 17.0. The topological polar surface area (TPSA) is 46.0 Å². The van der Waals surface area contributed by atoms with Crippen molar-refractivity contribution in [3.05, 3.63) is 145 Å². The summed E-state index contributed by atoms with van der Waals surface area (Å²) in [6, 6.07) is 43.5. The van der Waals surface area contributed by atoms with Crippen LogP contribution < -0.4 is 10.2 Å². The van der Waals surface area contributed by atoms with E-state index in [0.717, 1.165) is 50.9 Å². The van der Waals surface area contributed by atoms with Gasteiger partial charge in [0.1, 0.15) is 12.1 Å². The van der Waals surface area contributed by atoms with Gasteiger partial charge in [-0.1, -0.05) is 102 Å². The molecule has 0 atom stereocenters. The van der Waals surface area contributed by atoms with Crippen molar-refractivity contribution in [2.75, 3.05) is 10.2 Å². The van der Waals surface area contributed by atoms with Crippen LogP contribution in [0, 0.1) is 0 Å². The maximum absolute atomic E-state index is 4.99. The van der Waals surface area contributed by atoms with E-state index >= 15 is 0 Å². The summed E-state index contributed by atoms with van der Waals surface area (Å²) in [5, 5.41) is 3.81. The number of nitrogens with zero attached hydrogens (tertiary/aromatic N) is 4. The number of para-hydroxylation sites is 3. The summed E-state index contributed by atoms with van der Waals surface area (Å²) in [7, 11) is 0. The highest BCUT2D eigenvalue weighted by atomic mass is 15.2. The largest absolute Gasteiger partial charge is 0.355 e. The fraction of sp³-hybridized carbons (Fsp3) is 0.182. The summed E-state index contributed by atoms with van der Waals surface area (Å²) in [5.41, 5.74) is 14.5. The summed E-state index contributed by atoms with van der Waals surface area (Å²) in [4.78, 5) is 12.0. The molecule has 1 aliphatic heterocycles. The first kappa shape index (κ1) is 30.6. The number of aromatic nitrogens is 3. The number of hydrogen-bond acceptors (Lipinski definition) is 4. The SMILES string of the molecule is CC(C)(C)c1cc(Nc2ccc3c(c2)N(c2cc(C(C)(C)C)ccn2)c2ccccc2-c2ccccc2-3)cc(-n2cnc3ccccc32)c1. The molecule has 5 nitrogen and oxygen atoms in total. The fourth-order valence-corrected chi connectivity index (χ4v) is 6.84. The molecular formula is C44H41N5. The summed E-state index contributed by atoms with van der Waals surface area (Å²) in [6.07, 6.45) is 3.86. The molecule has 0 saturated heterocycles. The Balaban J connectivity index is 1.31. The Morgan fingerprint density at radius 1 is 0.531 bits per heavy atom. The van der Waals surface area contributed by atoms with E-state index < -0.39 is 0 Å². The van der Waals surface area contributed by atoms with Gasteiger partial charge in [0.2, 0.25) is 0 Å². The Morgan fingerprint density at radius 3 is 1.96 bits per heavy atom. The van der Waals surface area contributed by atoms with Gasteiger partial charge in [0.25, 0.3) is 0 Å². The molecule has 0 amide bonds. The minimum absolute atomic E-state index is 0.0192. The first-order valence-electron chi connectivity index (χ1n) is 17.0. The van der Waals surface area contributed by atoms with Gasteiger partial charge < -0.3 is 5.32 Å². The minimum Gasteiger partial charge on any atom is -0.355 e. The first-order chi connectivity index (χ1) is 23.5. The lowest BCUT2D eigenvalue weighted by atomic mass is 9.86. The van der Waals surface area contributed by atoms with Crippen LogP contribution >= 0.6 is 0 Å². The molecule has 0 radical (unpaired) electrons. The Kier molecular flexibility index (Phi) is 7.18. The van der Waals surface area contributed by atoms with Gasteiger partial charge in [0.15, 0.2) is 0 Å². The average molecular weight is 640 g/mol. The van der Waals surface area contributed by atoms with E-state index in [9.17, 15) is 0 Å². The molecule has 7 aromatic rings. The van der Waals surface area contributed by atoms with Gasteiger partial charge in [-0.05, 0) is 93.7 Å². The lowest BCUT2D eigenvalue weighted by Gasteiger charge is -2.28. The monoisotopic (exact) mass is 639 g/mol. The van der Waals surface area contributed by atoms with Crippen molar-refractivity contribution in [2.24, 2.45) is 0 Å². The van der Waals surface area contributed by atoms with Crippen LogP contribution in [0.25, 0.3) is 39.0 Å². The zero-order valence-corrected chi connectivity index (χ0v) is 29.0. The van der Waals surface area contributed by atoms with Crippen molar-refractivity contribution < 1.29 is 0 Å². The molecule has 1 N–H and O–H groups in total. The fourth-order valence-electron chi connectivity index (χ4n) is 6.84. The van der Waals surface area contributed by atoms with Crippen molar-refractivity contribution in [3.8, 4) is 27.9 Å². The molecule has 0 aliphatic carbocycles. The van der Waals surface area contributed by atoms with Gasteiger partial charge in [-0.15, -0.1) is 0 Å². The molecule has 0 fully saturated rings. The van der Waals surface area contributed by atoms with Gasteiger partial charge in [0, 0.05) is 34.4 Å². The number of benzene rings is 5. The Morgan fingerprint density at radius 2 is 1.20 bits per heavy atom. The Bertz CT molecular complexity index is 2350. The molecule has 1 aliphatic rings. The van der Waals surface area contributed by atoms with Crippen LogP contribution in [0.3, 0.4) is 0 Å². The lowest BCUT2D eigenvalue weighted by molar-refractivity contribution is 0.589. The van der Waals surface area contributed by atoms with Crippen molar-refractivity contribution in [1.82, 2.24) is 14.5 Å². The standard InChI is InChI=1S/C44H41N5/c1-43(2,3)29-21-22-45-42(25-29)49-39-17-11-9-15-36(39)34-13-7-8-14-35(34)37-20-19-31(27-41(37)49)47-32-23-30(44(4,5)6)24-33(26-32)48-28-46-38-16-10-12-18-40(38)48/h7-28,47H,1-6H3. The van der Waals surface area contributed by atoms with Crippen LogP contribution in [0.2, 0.25) is 0 Å². The number of fused-ring (bicyclic) bond motifs is 6. The highest BCUT2D eigenvalue weighted by Crippen LogP contribution is 2.51. The van der Waals surface area contributed by atoms with Crippen LogP contribution in [0.5, 0.6) is 0 Å². The van der Waals surface area contributed by atoms with Crippen LogP contribution in [-0.4, -0.2) is 14.5 Å². The van der Waals surface area contributed by atoms with Gasteiger partial charge in [-0.25, -0.2) is 9.97 Å². The van der Waals surface area contributed by atoms with E-state index in [1.54, 1.807) is 0 Å². The Hall–Kier alpha value is -5.68. The van der Waals surface area contributed by atoms with Crippen LogP contribution in [0.4, 0.5) is 28.6 Å².